The van der Waals surface area contributed by atoms with Crippen molar-refractivity contribution in [2.45, 2.75) is 24.3 Å². The topological polar surface area (TPSA) is 35.6 Å². The van der Waals surface area contributed by atoms with Gasteiger partial charge in [0.25, 0.3) is 0 Å². The number of amides is 1. The lowest BCUT2D eigenvalue weighted by molar-refractivity contribution is -0.138. The van der Waals surface area contributed by atoms with Crippen LogP contribution in [0.2, 0.25) is 0 Å². The highest BCUT2D eigenvalue weighted by molar-refractivity contribution is 5.81. The van der Waals surface area contributed by atoms with Crippen molar-refractivity contribution in [3.05, 3.63) is 71.8 Å². The van der Waals surface area contributed by atoms with E-state index in [4.69, 9.17) is 0 Å². The lowest BCUT2D eigenvalue weighted by Crippen LogP contribution is -2.53. The van der Waals surface area contributed by atoms with Gasteiger partial charge in [-0.3, -0.25) is 9.69 Å². The van der Waals surface area contributed by atoms with Crippen LogP contribution in [0.25, 0.3) is 0 Å². The number of carbonyl (C=O) groups excluding carboxylic acids is 1. The molecule has 4 rings (SSSR count). The summed E-state index contributed by atoms with van der Waals surface area (Å²) in [6, 6.07) is 21.2. The summed E-state index contributed by atoms with van der Waals surface area (Å²) in [5.74, 6) is 0.647. The van der Waals surface area contributed by atoms with E-state index < -0.39 is 0 Å². The number of nitrogens with one attached hydrogen (secondary N) is 1. The zero-order valence-electron chi connectivity index (χ0n) is 17.0. The summed E-state index contributed by atoms with van der Waals surface area (Å²) in [7, 11) is 4.33. The molecule has 1 amide bonds. The molecule has 2 unspecified atom stereocenters. The number of carbonyl (C=O) groups is 1. The highest BCUT2D eigenvalue weighted by Gasteiger charge is 2.42. The molecule has 2 aromatic rings. The molecule has 4 heteroatoms. The fourth-order valence-electron chi connectivity index (χ4n) is 5.06. The predicted octanol–water partition coefficient (Wildman–Crippen LogP) is 3.07. The van der Waals surface area contributed by atoms with Crippen molar-refractivity contribution in [1.82, 2.24) is 15.1 Å². The Labute approximate surface area is 168 Å². The van der Waals surface area contributed by atoms with Crippen LogP contribution >= 0.6 is 0 Å². The zero-order chi connectivity index (χ0) is 19.6. The quantitative estimate of drug-likeness (QED) is 0.889. The molecular formula is C24H31N3O. The summed E-state index contributed by atoms with van der Waals surface area (Å²) in [5.41, 5.74) is 2.65. The number of nitrogens with zero attached hydrogens (tertiary/aromatic N) is 2. The molecular weight excluding hydrogens is 346 g/mol. The largest absolute Gasteiger partial charge is 0.342 e. The third-order valence-electron chi connectivity index (χ3n) is 6.83. The monoisotopic (exact) mass is 377 g/mol. The standard InChI is InChI=1S/C24H31N3O/c1-26(2)24(20-11-7-4-8-12-20)13-15-27(16-14-24)23(28)22-18-25-17-21(22)19-9-5-3-6-10-19/h3-12,21-22,25H,13-18H2,1-2H3. The van der Waals surface area contributed by atoms with E-state index in [-0.39, 0.29) is 17.4 Å². The third kappa shape index (κ3) is 3.47. The zero-order valence-corrected chi connectivity index (χ0v) is 17.0. The second kappa shape index (κ2) is 8.06. The molecule has 2 atom stereocenters. The average Bonchev–Trinajstić information content (AvgIpc) is 3.24. The van der Waals surface area contributed by atoms with Crippen LogP contribution in [0.3, 0.4) is 0 Å². The Balaban J connectivity index is 1.48. The van der Waals surface area contributed by atoms with Gasteiger partial charge in [-0.15, -0.1) is 0 Å². The molecule has 4 nitrogen and oxygen atoms in total. The Kier molecular flexibility index (Phi) is 5.51. The van der Waals surface area contributed by atoms with Crippen molar-refractivity contribution in [2.75, 3.05) is 40.3 Å². The van der Waals surface area contributed by atoms with Gasteiger partial charge in [0.2, 0.25) is 5.91 Å². The molecule has 0 radical (unpaired) electrons. The molecule has 1 N–H and O–H groups in total. The van der Waals surface area contributed by atoms with Gasteiger partial charge in [0.15, 0.2) is 0 Å². The summed E-state index contributed by atoms with van der Waals surface area (Å²) >= 11 is 0. The number of likely N-dealkylation sites (tertiary alicyclic amines) is 1. The Morgan fingerprint density at radius 1 is 0.964 bits per heavy atom. The van der Waals surface area contributed by atoms with E-state index in [1.807, 2.05) is 6.07 Å². The van der Waals surface area contributed by atoms with Gasteiger partial charge in [-0.05, 0) is 38.1 Å². The first kappa shape index (κ1) is 19.2. The highest BCUT2D eigenvalue weighted by atomic mass is 16.2. The average molecular weight is 378 g/mol. The van der Waals surface area contributed by atoms with Gasteiger partial charge >= 0.3 is 0 Å². The van der Waals surface area contributed by atoms with Crippen LogP contribution in [0.4, 0.5) is 0 Å². The molecule has 2 fully saturated rings. The second-order valence-corrected chi connectivity index (χ2v) is 8.40. The van der Waals surface area contributed by atoms with Crippen LogP contribution in [0.1, 0.15) is 29.9 Å². The summed E-state index contributed by atoms with van der Waals surface area (Å²) in [6.45, 7) is 3.32. The van der Waals surface area contributed by atoms with E-state index in [1.54, 1.807) is 0 Å². The Hall–Kier alpha value is -2.17. The molecule has 0 aliphatic carbocycles. The van der Waals surface area contributed by atoms with Crippen molar-refractivity contribution in [3.63, 3.8) is 0 Å². The number of piperidine rings is 1. The molecule has 0 spiro atoms. The molecule has 2 saturated heterocycles. The van der Waals surface area contributed by atoms with Crippen molar-refractivity contribution in [2.24, 2.45) is 5.92 Å². The van der Waals surface area contributed by atoms with Crippen LogP contribution in [0, 0.1) is 5.92 Å². The molecule has 0 bridgehead atoms. The van der Waals surface area contributed by atoms with E-state index in [0.29, 0.717) is 5.91 Å². The van der Waals surface area contributed by atoms with Crippen LogP contribution < -0.4 is 5.32 Å². The van der Waals surface area contributed by atoms with Crippen molar-refractivity contribution < 1.29 is 4.79 Å². The highest BCUT2D eigenvalue weighted by Crippen LogP contribution is 2.38. The van der Waals surface area contributed by atoms with Gasteiger partial charge in [-0.2, -0.15) is 0 Å². The van der Waals surface area contributed by atoms with Gasteiger partial charge < -0.3 is 10.2 Å². The van der Waals surface area contributed by atoms with Crippen molar-refractivity contribution >= 4 is 5.91 Å². The fraction of sp³-hybridized carbons (Fsp3) is 0.458. The van der Waals surface area contributed by atoms with E-state index in [2.05, 4.69) is 83.8 Å². The smallest absolute Gasteiger partial charge is 0.227 e. The van der Waals surface area contributed by atoms with E-state index >= 15 is 0 Å². The summed E-state index contributed by atoms with van der Waals surface area (Å²) in [5, 5.41) is 3.45. The van der Waals surface area contributed by atoms with Crippen molar-refractivity contribution in [3.8, 4) is 0 Å². The Bertz CT molecular complexity index is 782. The first-order valence-electron chi connectivity index (χ1n) is 10.4. The number of hydrogen-bond donors (Lipinski definition) is 1. The lowest BCUT2D eigenvalue weighted by atomic mass is 9.79. The maximum Gasteiger partial charge on any atom is 0.227 e. The summed E-state index contributed by atoms with van der Waals surface area (Å²) < 4.78 is 0. The summed E-state index contributed by atoms with van der Waals surface area (Å²) in [6.07, 6.45) is 1.96. The number of benzene rings is 2. The minimum Gasteiger partial charge on any atom is -0.342 e. The molecule has 28 heavy (non-hydrogen) atoms. The minimum atomic E-state index is 0.0186. The van der Waals surface area contributed by atoms with Gasteiger partial charge in [-0.1, -0.05) is 60.7 Å². The van der Waals surface area contributed by atoms with E-state index in [1.165, 1.54) is 11.1 Å². The van der Waals surface area contributed by atoms with Crippen molar-refractivity contribution in [1.29, 1.82) is 0 Å². The maximum absolute atomic E-state index is 13.4. The predicted molar refractivity (Wildman–Crippen MR) is 113 cm³/mol. The molecule has 2 aromatic carbocycles. The number of rotatable bonds is 4. The van der Waals surface area contributed by atoms with Crippen LogP contribution in [0.5, 0.6) is 0 Å². The van der Waals surface area contributed by atoms with Gasteiger partial charge in [0, 0.05) is 37.6 Å². The molecule has 0 saturated carbocycles. The lowest BCUT2D eigenvalue weighted by Gasteiger charge is -2.47. The fourth-order valence-corrected chi connectivity index (χ4v) is 5.06. The normalized spacial score (nSPS) is 24.5. The van der Waals surface area contributed by atoms with Crippen LogP contribution in [0.15, 0.2) is 60.7 Å². The second-order valence-electron chi connectivity index (χ2n) is 8.40. The molecule has 2 aliphatic heterocycles. The van der Waals surface area contributed by atoms with Gasteiger partial charge in [0.05, 0.1) is 5.92 Å². The molecule has 148 valence electrons. The first-order valence-corrected chi connectivity index (χ1v) is 10.4. The number of hydrogen-bond acceptors (Lipinski definition) is 3. The maximum atomic E-state index is 13.4. The Morgan fingerprint density at radius 2 is 1.57 bits per heavy atom. The van der Waals surface area contributed by atoms with Crippen LogP contribution in [-0.4, -0.2) is 56.0 Å². The molecule has 2 heterocycles. The first-order chi connectivity index (χ1) is 13.6. The molecule has 2 aliphatic rings. The summed E-state index contributed by atoms with van der Waals surface area (Å²) in [4.78, 5) is 17.8. The third-order valence-corrected chi connectivity index (χ3v) is 6.83. The SMILES string of the molecule is CN(C)C1(c2ccccc2)CCN(C(=O)C2CNCC2c2ccccc2)CC1. The van der Waals surface area contributed by atoms with E-state index in [9.17, 15) is 4.79 Å². The van der Waals surface area contributed by atoms with Gasteiger partial charge in [-0.25, -0.2) is 0 Å². The minimum absolute atomic E-state index is 0.0186. The van der Waals surface area contributed by atoms with Crippen LogP contribution in [-0.2, 0) is 10.3 Å². The van der Waals surface area contributed by atoms with E-state index in [0.717, 1.165) is 39.0 Å². The van der Waals surface area contributed by atoms with Gasteiger partial charge in [0.1, 0.15) is 0 Å². The Morgan fingerprint density at radius 3 is 2.18 bits per heavy atom. The molecule has 0 aromatic heterocycles.